The third-order valence-corrected chi connectivity index (χ3v) is 2.99. The molecule has 0 spiro atoms. The predicted octanol–water partition coefficient (Wildman–Crippen LogP) is 3.01. The highest BCUT2D eigenvalue weighted by atomic mass is 16.5. The molecule has 0 radical (unpaired) electrons. The van der Waals surface area contributed by atoms with Crippen molar-refractivity contribution in [3.8, 4) is 5.75 Å². The highest BCUT2D eigenvalue weighted by Gasteiger charge is 2.06. The van der Waals surface area contributed by atoms with E-state index in [1.165, 1.54) is 0 Å². The SMILES string of the molecule is COc1ccc(NC(=O)c2ccc(N(C)C)cc2)cc1. The number of hydrogen-bond acceptors (Lipinski definition) is 3. The number of nitrogens with one attached hydrogen (secondary N) is 1. The maximum atomic E-state index is 12.1. The zero-order valence-corrected chi connectivity index (χ0v) is 11.9. The second-order valence-electron chi connectivity index (χ2n) is 4.62. The first-order valence-electron chi connectivity index (χ1n) is 6.33. The maximum Gasteiger partial charge on any atom is 0.255 e. The van der Waals surface area contributed by atoms with Crippen molar-refractivity contribution in [1.29, 1.82) is 0 Å². The van der Waals surface area contributed by atoms with Crippen LogP contribution in [-0.2, 0) is 0 Å². The molecule has 2 aromatic carbocycles. The molecule has 0 aliphatic heterocycles. The summed E-state index contributed by atoms with van der Waals surface area (Å²) in [6.07, 6.45) is 0. The van der Waals surface area contributed by atoms with E-state index in [-0.39, 0.29) is 5.91 Å². The van der Waals surface area contributed by atoms with E-state index < -0.39 is 0 Å². The third-order valence-electron chi connectivity index (χ3n) is 2.99. The second kappa shape index (κ2) is 6.10. The maximum absolute atomic E-state index is 12.1. The molecule has 4 nitrogen and oxygen atoms in total. The van der Waals surface area contributed by atoms with Crippen LogP contribution in [0.2, 0.25) is 0 Å². The molecule has 0 bridgehead atoms. The molecule has 0 aliphatic carbocycles. The van der Waals surface area contributed by atoms with Crippen LogP contribution >= 0.6 is 0 Å². The lowest BCUT2D eigenvalue weighted by atomic mass is 10.2. The van der Waals surface area contributed by atoms with Crippen LogP contribution in [0.15, 0.2) is 48.5 Å². The average molecular weight is 270 g/mol. The lowest BCUT2D eigenvalue weighted by molar-refractivity contribution is 0.102. The topological polar surface area (TPSA) is 41.6 Å². The summed E-state index contributed by atoms with van der Waals surface area (Å²) in [5.74, 6) is 0.638. The summed E-state index contributed by atoms with van der Waals surface area (Å²) in [5.41, 5.74) is 2.44. The number of amides is 1. The number of benzene rings is 2. The summed E-state index contributed by atoms with van der Waals surface area (Å²) in [5, 5.41) is 2.85. The molecule has 0 fully saturated rings. The Morgan fingerprint density at radius 3 is 2.10 bits per heavy atom. The molecule has 2 aromatic rings. The molecule has 1 N–H and O–H groups in total. The molecule has 20 heavy (non-hydrogen) atoms. The van der Waals surface area contributed by atoms with Gasteiger partial charge in [0, 0.05) is 31.0 Å². The van der Waals surface area contributed by atoms with Gasteiger partial charge < -0.3 is 15.0 Å². The zero-order chi connectivity index (χ0) is 14.5. The van der Waals surface area contributed by atoms with Crippen LogP contribution in [0.5, 0.6) is 5.75 Å². The van der Waals surface area contributed by atoms with E-state index in [0.717, 1.165) is 17.1 Å². The highest BCUT2D eigenvalue weighted by molar-refractivity contribution is 6.04. The van der Waals surface area contributed by atoms with Gasteiger partial charge in [0.25, 0.3) is 5.91 Å². The predicted molar refractivity (Wildman–Crippen MR) is 81.7 cm³/mol. The largest absolute Gasteiger partial charge is 0.497 e. The van der Waals surface area contributed by atoms with E-state index in [0.29, 0.717) is 5.56 Å². The molecule has 1 amide bonds. The van der Waals surface area contributed by atoms with Gasteiger partial charge in [-0.2, -0.15) is 0 Å². The molecule has 104 valence electrons. The molecular formula is C16H18N2O2. The Morgan fingerprint density at radius 1 is 1.00 bits per heavy atom. The fourth-order valence-corrected chi connectivity index (χ4v) is 1.79. The van der Waals surface area contributed by atoms with Gasteiger partial charge in [-0.15, -0.1) is 0 Å². The average Bonchev–Trinajstić information content (AvgIpc) is 2.48. The molecule has 0 saturated heterocycles. The van der Waals surface area contributed by atoms with Crippen molar-refractivity contribution in [1.82, 2.24) is 0 Å². The first kappa shape index (κ1) is 13.9. The highest BCUT2D eigenvalue weighted by Crippen LogP contribution is 2.17. The number of carbonyl (C=O) groups excluding carboxylic acids is 1. The zero-order valence-electron chi connectivity index (χ0n) is 11.9. The number of anilines is 2. The number of carbonyl (C=O) groups is 1. The van der Waals surface area contributed by atoms with Gasteiger partial charge in [0.2, 0.25) is 0 Å². The Balaban J connectivity index is 2.07. The molecule has 4 heteroatoms. The molecule has 0 heterocycles. The molecule has 0 aliphatic rings. The van der Waals surface area contributed by atoms with Crippen molar-refractivity contribution in [2.45, 2.75) is 0 Å². The molecule has 0 atom stereocenters. The van der Waals surface area contributed by atoms with Crippen LogP contribution in [0.1, 0.15) is 10.4 Å². The van der Waals surface area contributed by atoms with Gasteiger partial charge >= 0.3 is 0 Å². The quantitative estimate of drug-likeness (QED) is 0.928. The van der Waals surface area contributed by atoms with E-state index in [1.807, 2.05) is 67.5 Å². The standard InChI is InChI=1S/C16H18N2O2/c1-18(2)14-8-4-12(5-9-14)16(19)17-13-6-10-15(20-3)11-7-13/h4-11H,1-3H3,(H,17,19). The molecule has 0 unspecified atom stereocenters. The number of rotatable bonds is 4. The van der Waals surface area contributed by atoms with Crippen LogP contribution in [0.4, 0.5) is 11.4 Å². The minimum absolute atomic E-state index is 0.125. The van der Waals surface area contributed by atoms with Crippen LogP contribution in [0, 0.1) is 0 Å². The lowest BCUT2D eigenvalue weighted by Gasteiger charge is -2.12. The van der Waals surface area contributed by atoms with Crippen molar-refractivity contribution in [3.63, 3.8) is 0 Å². The van der Waals surface area contributed by atoms with E-state index in [1.54, 1.807) is 7.11 Å². The molecule has 0 aromatic heterocycles. The minimum Gasteiger partial charge on any atom is -0.497 e. The summed E-state index contributed by atoms with van der Waals surface area (Å²) in [6.45, 7) is 0. The van der Waals surface area contributed by atoms with Gasteiger partial charge in [0.05, 0.1) is 7.11 Å². The van der Waals surface area contributed by atoms with E-state index in [2.05, 4.69) is 5.32 Å². The summed E-state index contributed by atoms with van der Waals surface area (Å²) in [7, 11) is 5.54. The number of methoxy groups -OCH3 is 1. The van der Waals surface area contributed by atoms with Crippen molar-refractivity contribution in [2.75, 3.05) is 31.4 Å². The monoisotopic (exact) mass is 270 g/mol. The Labute approximate surface area is 119 Å². The van der Waals surface area contributed by atoms with Gasteiger partial charge in [-0.25, -0.2) is 0 Å². The Kier molecular flexibility index (Phi) is 4.25. The second-order valence-corrected chi connectivity index (χ2v) is 4.62. The van der Waals surface area contributed by atoms with Crippen molar-refractivity contribution in [3.05, 3.63) is 54.1 Å². The molecule has 2 rings (SSSR count). The summed E-state index contributed by atoms with van der Waals surface area (Å²) in [4.78, 5) is 14.1. The molecular weight excluding hydrogens is 252 g/mol. The van der Waals surface area contributed by atoms with E-state index in [4.69, 9.17) is 4.74 Å². The number of hydrogen-bond donors (Lipinski definition) is 1. The Hall–Kier alpha value is -2.49. The van der Waals surface area contributed by atoms with Crippen molar-refractivity contribution in [2.24, 2.45) is 0 Å². The fraction of sp³-hybridized carbons (Fsp3) is 0.188. The van der Waals surface area contributed by atoms with Crippen molar-refractivity contribution >= 4 is 17.3 Å². The molecule has 0 saturated carbocycles. The van der Waals surface area contributed by atoms with Gasteiger partial charge in [-0.05, 0) is 48.5 Å². The summed E-state index contributed by atoms with van der Waals surface area (Å²) in [6, 6.07) is 14.7. The first-order valence-corrected chi connectivity index (χ1v) is 6.33. The summed E-state index contributed by atoms with van der Waals surface area (Å²) >= 11 is 0. The van der Waals surface area contributed by atoms with Crippen LogP contribution < -0.4 is 15.0 Å². The minimum atomic E-state index is -0.125. The van der Waals surface area contributed by atoms with Crippen LogP contribution in [0.25, 0.3) is 0 Å². The van der Waals surface area contributed by atoms with Crippen LogP contribution in [-0.4, -0.2) is 27.1 Å². The van der Waals surface area contributed by atoms with E-state index >= 15 is 0 Å². The van der Waals surface area contributed by atoms with Crippen molar-refractivity contribution < 1.29 is 9.53 Å². The van der Waals surface area contributed by atoms with Gasteiger partial charge in [-0.1, -0.05) is 0 Å². The third kappa shape index (κ3) is 3.29. The van der Waals surface area contributed by atoms with Gasteiger partial charge in [0.1, 0.15) is 5.75 Å². The van der Waals surface area contributed by atoms with Gasteiger partial charge in [0.15, 0.2) is 0 Å². The van der Waals surface area contributed by atoms with Gasteiger partial charge in [-0.3, -0.25) is 4.79 Å². The Morgan fingerprint density at radius 2 is 1.60 bits per heavy atom. The smallest absolute Gasteiger partial charge is 0.255 e. The normalized spacial score (nSPS) is 9.95. The fourth-order valence-electron chi connectivity index (χ4n) is 1.79. The first-order chi connectivity index (χ1) is 9.60. The van der Waals surface area contributed by atoms with E-state index in [9.17, 15) is 4.79 Å². The lowest BCUT2D eigenvalue weighted by Crippen LogP contribution is -2.13. The van der Waals surface area contributed by atoms with Crippen LogP contribution in [0.3, 0.4) is 0 Å². The number of nitrogens with zero attached hydrogens (tertiary/aromatic N) is 1. The Bertz CT molecular complexity index is 574. The summed E-state index contributed by atoms with van der Waals surface area (Å²) < 4.78 is 5.08. The number of ether oxygens (including phenoxy) is 1.